The Bertz CT molecular complexity index is 3420. The molecule has 6 fully saturated rings. The third-order valence-corrected chi connectivity index (χ3v) is 23.7. The van der Waals surface area contributed by atoms with Crippen molar-refractivity contribution in [2.45, 2.75) is 223 Å². The van der Waals surface area contributed by atoms with Crippen LogP contribution in [0.2, 0.25) is 0 Å². The monoisotopic (exact) mass is 1530 g/mol. The molecule has 12 rings (SSSR count). The number of hydrogen-bond acceptors (Lipinski definition) is 22. The summed E-state index contributed by atoms with van der Waals surface area (Å²) < 4.78 is 10.5. The Morgan fingerprint density at radius 2 is 0.889 bits per heavy atom. The van der Waals surface area contributed by atoms with Gasteiger partial charge in [0, 0.05) is 81.2 Å². The molecule has 8 aliphatic rings. The molecule has 0 aromatic carbocycles. The molecule has 10 heterocycles. The van der Waals surface area contributed by atoms with Crippen LogP contribution in [0, 0.1) is 60.2 Å². The molecule has 0 radical (unpaired) electrons. The predicted molar refractivity (Wildman–Crippen MR) is 427 cm³/mol. The van der Waals surface area contributed by atoms with Crippen LogP contribution >= 0.6 is 22.7 Å². The molecule has 4 aromatic heterocycles. The van der Waals surface area contributed by atoms with Gasteiger partial charge in [-0.3, -0.25) is 28.8 Å². The number of oxazole rings is 1. The third kappa shape index (κ3) is 27.2. The van der Waals surface area contributed by atoms with Crippen molar-refractivity contribution in [3.63, 3.8) is 0 Å². The lowest BCUT2D eigenvalue weighted by molar-refractivity contribution is -0.134. The van der Waals surface area contributed by atoms with Gasteiger partial charge in [0.1, 0.15) is 16.3 Å². The highest BCUT2D eigenvalue weighted by molar-refractivity contribution is 7.11. The van der Waals surface area contributed by atoms with Crippen LogP contribution in [0.4, 0.5) is 0 Å². The van der Waals surface area contributed by atoms with Gasteiger partial charge in [0.05, 0.1) is 73.6 Å². The Morgan fingerprint density at radius 1 is 0.481 bits per heavy atom. The lowest BCUT2D eigenvalue weighted by Crippen LogP contribution is -2.45. The van der Waals surface area contributed by atoms with Crippen molar-refractivity contribution >= 4 is 58.1 Å². The smallest absolute Gasteiger partial charge is 0.240 e. The Hall–Kier alpha value is -6.92. The van der Waals surface area contributed by atoms with Gasteiger partial charge < -0.3 is 70.1 Å². The number of rotatable bonds is 18. The lowest BCUT2D eigenvalue weighted by Gasteiger charge is -2.29. The van der Waals surface area contributed by atoms with Gasteiger partial charge in [-0.05, 0) is 173 Å². The molecule has 0 saturated carbocycles. The first-order chi connectivity index (χ1) is 51.4. The summed E-state index contributed by atoms with van der Waals surface area (Å²) in [5.41, 5.74) is 4.54. The molecule has 6 N–H and O–H groups in total. The topological polar surface area (TPSA) is 298 Å². The van der Waals surface area contributed by atoms with Gasteiger partial charge >= 0.3 is 0 Å². The number of aryl methyl sites for hydroxylation is 2. The standard InChI is InChI=1S/2C16H26N2O.C13H21N3O2.C13H21N3OS.C11H18N4O2.C11H18N4OS/c1-12-6-8-18(15(19)14(9-12)17-4)11-13-5-7-16(2,3)10-13;1-12-7-9-18(15(19)14(10-12)17-4)11-13-6-5-8-16(13,2)3;2*1-9-4-5-16(13(17)12(6-9)14-3)8-11-7-15-10(2)18-11;2*1-8-3-4-15(6-10-14-13-7-17-10)11(16)9(5-8)12-2/h5,7,10,12,14,17H,6,8-9,11H2,1-4H3;5-6,8,12,14,17H,7,9-11H2,1-4H3;2*7,9,12,14H,4-6,8H2,1-3H3;2*7-9,12H,3-6H2,1-2H3. The molecule has 12 atom stereocenters. The fourth-order valence-electron chi connectivity index (χ4n) is 14.9. The quantitative estimate of drug-likeness (QED) is 0.0541. The van der Waals surface area contributed by atoms with Crippen molar-refractivity contribution in [2.75, 3.05) is 94.6 Å². The molecule has 6 amide bonds. The number of likely N-dealkylation sites (N-methyl/N-ethyl adjacent to an activating group) is 6. The zero-order chi connectivity index (χ0) is 78.8. The van der Waals surface area contributed by atoms with Crippen molar-refractivity contribution in [3.05, 3.63) is 104 Å². The second kappa shape index (κ2) is 43.0. The second-order valence-corrected chi connectivity index (χ2v) is 34.6. The van der Waals surface area contributed by atoms with Crippen LogP contribution in [0.1, 0.15) is 179 Å². The van der Waals surface area contributed by atoms with E-state index < -0.39 is 0 Å². The Morgan fingerprint density at radius 3 is 1.22 bits per heavy atom. The molecule has 26 nitrogen and oxygen atoms in total. The van der Waals surface area contributed by atoms with E-state index in [1.54, 1.807) is 27.9 Å². The van der Waals surface area contributed by atoms with Gasteiger partial charge in [0.25, 0.3) is 0 Å². The summed E-state index contributed by atoms with van der Waals surface area (Å²) in [6.07, 6.45) is 29.9. The number of allylic oxidation sites excluding steroid dienone is 5. The van der Waals surface area contributed by atoms with E-state index >= 15 is 0 Å². The number of hydrogen-bond donors (Lipinski definition) is 6. The largest absolute Gasteiger partial charge is 0.444 e. The molecule has 12 unspecified atom stereocenters. The predicted octanol–water partition coefficient (Wildman–Crippen LogP) is 9.14. The first-order valence-corrected chi connectivity index (χ1v) is 41.0. The van der Waals surface area contributed by atoms with Crippen molar-refractivity contribution in [3.8, 4) is 0 Å². The molecule has 0 spiro atoms. The number of thiazole rings is 1. The highest BCUT2D eigenvalue weighted by Crippen LogP contribution is 2.35. The van der Waals surface area contributed by atoms with Crippen LogP contribution in [0.15, 0.2) is 80.7 Å². The molecule has 6 saturated heterocycles. The molecular formula is C80H130N18O8S2. The van der Waals surface area contributed by atoms with Crippen LogP contribution in [0.25, 0.3) is 0 Å². The van der Waals surface area contributed by atoms with Crippen LogP contribution in [-0.4, -0.2) is 226 Å². The molecule has 108 heavy (non-hydrogen) atoms. The maximum Gasteiger partial charge on any atom is 0.240 e. The Labute approximate surface area is 651 Å². The van der Waals surface area contributed by atoms with Crippen molar-refractivity contribution in [1.29, 1.82) is 0 Å². The number of amides is 6. The number of carbonyl (C=O) groups is 6. The third-order valence-electron chi connectivity index (χ3n) is 22.1. The minimum atomic E-state index is -0.101. The summed E-state index contributed by atoms with van der Waals surface area (Å²) in [5, 5.41) is 36.0. The van der Waals surface area contributed by atoms with E-state index in [1.165, 1.54) is 33.8 Å². The van der Waals surface area contributed by atoms with E-state index in [1.807, 2.05) is 86.8 Å². The molecule has 0 bridgehead atoms. The number of carbonyl (C=O) groups excluding carboxylic acids is 6. The highest BCUT2D eigenvalue weighted by Gasteiger charge is 2.36. The van der Waals surface area contributed by atoms with Gasteiger partial charge in [-0.25, -0.2) is 9.97 Å². The van der Waals surface area contributed by atoms with Crippen LogP contribution in [0.5, 0.6) is 0 Å². The zero-order valence-electron chi connectivity index (χ0n) is 68.1. The summed E-state index contributed by atoms with van der Waals surface area (Å²) in [6.45, 7) is 34.6. The van der Waals surface area contributed by atoms with Crippen LogP contribution in [-0.2, 0) is 54.9 Å². The maximum absolute atomic E-state index is 12.5. The van der Waals surface area contributed by atoms with Gasteiger partial charge in [0.15, 0.2) is 5.89 Å². The molecular weight excluding hydrogens is 1410 g/mol. The summed E-state index contributed by atoms with van der Waals surface area (Å²) in [5.74, 6) is 6.60. The first-order valence-electron chi connectivity index (χ1n) is 39.3. The zero-order valence-corrected chi connectivity index (χ0v) is 69.8. The van der Waals surface area contributed by atoms with Crippen molar-refractivity contribution < 1.29 is 37.6 Å². The Balaban J connectivity index is 0.000000181. The second-order valence-electron chi connectivity index (χ2n) is 32.4. The van der Waals surface area contributed by atoms with Gasteiger partial charge in [-0.2, -0.15) is 0 Å². The van der Waals surface area contributed by atoms with E-state index in [0.717, 1.165) is 145 Å². The summed E-state index contributed by atoms with van der Waals surface area (Å²) in [7, 11) is 11.2. The Kier molecular flexibility index (Phi) is 35.2. The van der Waals surface area contributed by atoms with E-state index in [-0.39, 0.29) is 82.5 Å². The highest BCUT2D eigenvalue weighted by atomic mass is 32.1. The molecule has 2 aliphatic carbocycles. The minimum Gasteiger partial charge on any atom is -0.444 e. The maximum atomic E-state index is 12.5. The minimum absolute atomic E-state index is 0.0171. The number of aromatic nitrogens is 6. The molecule has 4 aromatic rings. The first kappa shape index (κ1) is 88.3. The fraction of sp³-hybridized carbons (Fsp3) is 0.700. The number of nitrogens with one attached hydrogen (secondary N) is 6. The van der Waals surface area contributed by atoms with Crippen LogP contribution in [0.3, 0.4) is 0 Å². The van der Waals surface area contributed by atoms with E-state index in [0.29, 0.717) is 73.5 Å². The summed E-state index contributed by atoms with van der Waals surface area (Å²) in [6, 6.07) is -0.300. The van der Waals surface area contributed by atoms with Crippen molar-refractivity contribution in [1.82, 2.24) is 91.7 Å². The van der Waals surface area contributed by atoms with Gasteiger partial charge in [-0.15, -0.1) is 43.1 Å². The number of nitrogens with zero attached hydrogens (tertiary/aromatic N) is 12. The van der Waals surface area contributed by atoms with E-state index in [2.05, 4.69) is 168 Å². The lowest BCUT2D eigenvalue weighted by atomic mass is 9.87. The normalized spacial score (nSPS) is 27.3. The summed E-state index contributed by atoms with van der Waals surface area (Å²) >= 11 is 3.17. The van der Waals surface area contributed by atoms with E-state index in [9.17, 15) is 28.8 Å². The number of likely N-dealkylation sites (tertiary alicyclic amines) is 6. The molecule has 6 aliphatic heterocycles. The van der Waals surface area contributed by atoms with Gasteiger partial charge in [-0.1, -0.05) is 106 Å². The molecule has 600 valence electrons. The average molecular weight is 1540 g/mol. The summed E-state index contributed by atoms with van der Waals surface area (Å²) in [4.78, 5) is 95.3. The molecule has 28 heteroatoms. The van der Waals surface area contributed by atoms with Crippen LogP contribution < -0.4 is 31.9 Å². The SMILES string of the molecule is CNC1CC(C)CCN(CC2=CC(C)(C)C=C2)C1=O.CNC1CC(C)CCN(CC2=CC=CC2(C)C)C1=O.CNC1CC(C)CCN(Cc2cnc(C)o2)C1=O.CNC1CC(C)CCN(Cc2cnc(C)s2)C1=O.CNC1CC(C)CCN(Cc2nnco2)C1=O.CNC1CC(C)CCN(Cc2nncs2)C1=O. The van der Waals surface area contributed by atoms with Crippen molar-refractivity contribution in [2.24, 2.45) is 46.3 Å². The van der Waals surface area contributed by atoms with E-state index in [4.69, 9.17) is 8.83 Å². The fourth-order valence-corrected chi connectivity index (χ4v) is 16.3. The van der Waals surface area contributed by atoms with Gasteiger partial charge in [0.2, 0.25) is 47.7 Å². The average Bonchev–Trinajstić information content (AvgIpc) is 1.72.